The number of benzene rings is 1. The number of ether oxygens (including phenoxy) is 3. The molecule has 152 valence electrons. The van der Waals surface area contributed by atoms with Gasteiger partial charge in [-0.3, -0.25) is 4.79 Å². The highest BCUT2D eigenvalue weighted by Crippen LogP contribution is 2.47. The molecule has 1 atom stereocenters. The summed E-state index contributed by atoms with van der Waals surface area (Å²) in [6.07, 6.45) is 0.0839. The van der Waals surface area contributed by atoms with E-state index in [1.165, 1.54) is 0 Å². The van der Waals surface area contributed by atoms with Gasteiger partial charge in [0, 0.05) is 11.1 Å². The zero-order valence-electron chi connectivity index (χ0n) is 15.8. The predicted octanol–water partition coefficient (Wildman–Crippen LogP) is 2.46. The van der Waals surface area contributed by atoms with E-state index in [9.17, 15) is 14.7 Å². The number of carbonyl (C=O) groups excluding carboxylic acids is 1. The fourth-order valence-electron chi connectivity index (χ4n) is 4.51. The van der Waals surface area contributed by atoms with E-state index >= 15 is 0 Å². The number of carbonyl (C=O) groups is 1. The largest absolute Gasteiger partial charge is 0.458 e. The Labute approximate surface area is 174 Å². The first kappa shape index (κ1) is 17.7. The van der Waals surface area contributed by atoms with E-state index < -0.39 is 11.6 Å². The Balaban J connectivity index is 1.69. The van der Waals surface area contributed by atoms with Crippen molar-refractivity contribution < 1.29 is 24.1 Å². The lowest BCUT2D eigenvalue weighted by Gasteiger charge is -2.31. The maximum Gasteiger partial charge on any atom is 0.343 e. The van der Waals surface area contributed by atoms with Crippen molar-refractivity contribution in [2.75, 3.05) is 6.79 Å². The molecule has 5 heterocycles. The quantitative estimate of drug-likeness (QED) is 0.467. The number of cyclic esters (lactones) is 1. The lowest BCUT2D eigenvalue weighted by molar-refractivity contribution is -0.172. The van der Waals surface area contributed by atoms with E-state index in [0.29, 0.717) is 38.8 Å². The summed E-state index contributed by atoms with van der Waals surface area (Å²) in [5, 5.41) is 12.1. The molecule has 6 rings (SSSR count). The van der Waals surface area contributed by atoms with Gasteiger partial charge in [0.2, 0.25) is 6.79 Å². The second-order valence-electron chi connectivity index (χ2n) is 7.55. The van der Waals surface area contributed by atoms with E-state index in [1.54, 1.807) is 29.7 Å². The minimum atomic E-state index is -1.87. The molecule has 30 heavy (non-hydrogen) atoms. The van der Waals surface area contributed by atoms with Crippen molar-refractivity contribution in [1.82, 2.24) is 9.55 Å². The van der Waals surface area contributed by atoms with Gasteiger partial charge < -0.3 is 23.9 Å². The Kier molecular flexibility index (Phi) is 3.39. The molecule has 8 nitrogen and oxygen atoms in total. The number of rotatable bonds is 1. The topological polar surface area (TPSA) is 99.9 Å². The number of pyridine rings is 2. The first-order chi connectivity index (χ1) is 14.4. The van der Waals surface area contributed by atoms with Crippen LogP contribution < -0.4 is 15.0 Å². The first-order valence-electron chi connectivity index (χ1n) is 9.52. The first-order valence-corrected chi connectivity index (χ1v) is 9.89. The summed E-state index contributed by atoms with van der Waals surface area (Å²) < 4.78 is 18.0. The number of aliphatic hydroxyl groups is 1. The van der Waals surface area contributed by atoms with Gasteiger partial charge in [-0.1, -0.05) is 18.5 Å². The molecule has 1 N–H and O–H groups in total. The summed E-state index contributed by atoms with van der Waals surface area (Å²) in [5.41, 5.74) is 0.634. The molecule has 0 saturated heterocycles. The van der Waals surface area contributed by atoms with Gasteiger partial charge in [-0.05, 0) is 24.6 Å². The van der Waals surface area contributed by atoms with Crippen molar-refractivity contribution in [3.63, 3.8) is 0 Å². The molecule has 3 aromatic rings. The number of hydrogen-bond acceptors (Lipinski definition) is 7. The normalized spacial score (nSPS) is 20.7. The molecule has 0 fully saturated rings. The Morgan fingerprint density at radius 2 is 2.07 bits per heavy atom. The molecule has 0 amide bonds. The molecular formula is C21H15ClN2O6. The third kappa shape index (κ3) is 2.02. The summed E-state index contributed by atoms with van der Waals surface area (Å²) in [5.74, 6) is 0.445. The van der Waals surface area contributed by atoms with Gasteiger partial charge in [0.15, 0.2) is 5.60 Å². The van der Waals surface area contributed by atoms with Crippen LogP contribution in [-0.2, 0) is 28.3 Å². The number of esters is 1. The molecule has 0 bridgehead atoms. The van der Waals surface area contributed by atoms with Crippen LogP contribution in [0.3, 0.4) is 0 Å². The average molecular weight is 427 g/mol. The Morgan fingerprint density at radius 1 is 1.23 bits per heavy atom. The zero-order chi connectivity index (χ0) is 20.8. The zero-order valence-corrected chi connectivity index (χ0v) is 16.6. The van der Waals surface area contributed by atoms with E-state index in [4.69, 9.17) is 30.8 Å². The smallest absolute Gasteiger partial charge is 0.343 e. The summed E-state index contributed by atoms with van der Waals surface area (Å²) >= 11 is 6.40. The number of nitrogens with zero attached hydrogens (tertiary/aromatic N) is 2. The van der Waals surface area contributed by atoms with Crippen LogP contribution in [-0.4, -0.2) is 27.4 Å². The van der Waals surface area contributed by atoms with E-state index in [2.05, 4.69) is 0 Å². The Morgan fingerprint density at radius 3 is 2.87 bits per heavy atom. The van der Waals surface area contributed by atoms with Crippen LogP contribution in [0.25, 0.3) is 22.3 Å². The van der Waals surface area contributed by atoms with Crippen LogP contribution in [0.5, 0.6) is 11.5 Å². The molecule has 0 saturated carbocycles. The molecule has 9 heteroatoms. The van der Waals surface area contributed by atoms with Gasteiger partial charge in [-0.25, -0.2) is 9.78 Å². The van der Waals surface area contributed by atoms with Crippen molar-refractivity contribution in [3.8, 4) is 22.9 Å². The Hall–Kier alpha value is -3.10. The van der Waals surface area contributed by atoms with Gasteiger partial charge in [0.05, 0.1) is 39.4 Å². The van der Waals surface area contributed by atoms with E-state index in [0.717, 1.165) is 5.56 Å². The van der Waals surface area contributed by atoms with Crippen LogP contribution in [0, 0.1) is 0 Å². The summed E-state index contributed by atoms with van der Waals surface area (Å²) in [6, 6.07) is 5.13. The van der Waals surface area contributed by atoms with Gasteiger partial charge in [0.1, 0.15) is 18.1 Å². The van der Waals surface area contributed by atoms with Gasteiger partial charge in [-0.15, -0.1) is 0 Å². The molecular weight excluding hydrogens is 412 g/mol. The minimum absolute atomic E-state index is 0.0415. The number of aromatic nitrogens is 2. The monoisotopic (exact) mass is 426 g/mol. The number of halogens is 1. The lowest BCUT2D eigenvalue weighted by atomic mass is 9.86. The minimum Gasteiger partial charge on any atom is -0.458 e. The molecule has 2 aromatic heterocycles. The van der Waals surface area contributed by atoms with Crippen LogP contribution in [0.15, 0.2) is 23.0 Å². The van der Waals surface area contributed by atoms with Crippen LogP contribution in [0.2, 0.25) is 5.02 Å². The van der Waals surface area contributed by atoms with Gasteiger partial charge in [0.25, 0.3) is 5.56 Å². The maximum atomic E-state index is 13.3. The number of hydrogen-bond donors (Lipinski definition) is 1. The fraction of sp³-hybridized carbons (Fsp3) is 0.286. The van der Waals surface area contributed by atoms with Gasteiger partial charge in [-0.2, -0.15) is 0 Å². The molecule has 3 aliphatic heterocycles. The SMILES string of the molecule is CC[C@@]1(O)C(=O)OCc2c1cc1n(c2=O)Cc2c-1nc1c(Cl)ccc3c1c2OCO3. The summed E-state index contributed by atoms with van der Waals surface area (Å²) in [4.78, 5) is 30.3. The molecule has 0 aliphatic carbocycles. The second-order valence-corrected chi connectivity index (χ2v) is 7.95. The summed E-state index contributed by atoms with van der Waals surface area (Å²) in [6.45, 7) is 1.79. The molecule has 0 radical (unpaired) electrons. The van der Waals surface area contributed by atoms with Gasteiger partial charge >= 0.3 is 5.97 Å². The molecule has 3 aliphatic rings. The van der Waals surface area contributed by atoms with Crippen molar-refractivity contribution >= 4 is 28.5 Å². The standard InChI is InChI=1S/C21H15ClN2O6/c1-2-21(27)11-5-13-16-9(6-24(13)19(25)10(11)7-28-20(21)26)18-15-14(29-8-30-18)4-3-12(22)17(15)23-16/h3-5,27H,2,6-8H2,1H3/t21-/m0/s1. The Bertz CT molecular complexity index is 1360. The second kappa shape index (κ2) is 5.74. The van der Waals surface area contributed by atoms with Crippen LogP contribution in [0.1, 0.15) is 30.0 Å². The van der Waals surface area contributed by atoms with Crippen molar-refractivity contribution in [2.24, 2.45) is 0 Å². The third-order valence-electron chi connectivity index (χ3n) is 6.12. The highest BCUT2D eigenvalue weighted by Gasteiger charge is 2.45. The molecule has 0 spiro atoms. The molecule has 0 unspecified atom stereocenters. The van der Waals surface area contributed by atoms with Crippen LogP contribution in [0.4, 0.5) is 0 Å². The van der Waals surface area contributed by atoms with Crippen molar-refractivity contribution in [3.05, 3.63) is 50.3 Å². The highest BCUT2D eigenvalue weighted by molar-refractivity contribution is 6.35. The summed E-state index contributed by atoms with van der Waals surface area (Å²) in [7, 11) is 0. The van der Waals surface area contributed by atoms with E-state index in [-0.39, 0.29) is 43.1 Å². The maximum absolute atomic E-state index is 13.3. The average Bonchev–Trinajstić information content (AvgIpc) is 3.13. The van der Waals surface area contributed by atoms with E-state index in [1.807, 2.05) is 0 Å². The fourth-order valence-corrected chi connectivity index (χ4v) is 4.71. The lowest BCUT2D eigenvalue weighted by Crippen LogP contribution is -2.44. The molecule has 1 aromatic carbocycles. The van der Waals surface area contributed by atoms with Crippen molar-refractivity contribution in [2.45, 2.75) is 32.1 Å². The highest BCUT2D eigenvalue weighted by atomic mass is 35.5. The predicted molar refractivity (Wildman–Crippen MR) is 106 cm³/mol. The number of fused-ring (bicyclic) bond motifs is 5. The third-order valence-corrected chi connectivity index (χ3v) is 6.43. The van der Waals surface area contributed by atoms with Crippen molar-refractivity contribution in [1.29, 1.82) is 0 Å². The van der Waals surface area contributed by atoms with Crippen LogP contribution >= 0.6 is 11.6 Å².